The molecule has 0 atom stereocenters. The lowest BCUT2D eigenvalue weighted by atomic mass is 9.96. The topological polar surface area (TPSA) is 45.4 Å². The summed E-state index contributed by atoms with van der Waals surface area (Å²) in [7, 11) is 4.28. The number of aromatic nitrogens is 1. The number of anilines is 1. The molecule has 0 bridgehead atoms. The van der Waals surface area contributed by atoms with Crippen LogP contribution in [0, 0.1) is 5.92 Å². The van der Waals surface area contributed by atoms with Gasteiger partial charge in [0.2, 0.25) is 0 Å². The van der Waals surface area contributed by atoms with Crippen LogP contribution in [0.3, 0.4) is 0 Å². The third kappa shape index (κ3) is 3.81. The zero-order valence-electron chi connectivity index (χ0n) is 11.8. The molecule has 4 nitrogen and oxygen atoms in total. The Bertz CT molecular complexity index is 414. The number of rotatable bonds is 4. The molecule has 1 aromatic heterocycles. The van der Waals surface area contributed by atoms with E-state index < -0.39 is 0 Å². The van der Waals surface area contributed by atoms with E-state index >= 15 is 0 Å². The van der Waals surface area contributed by atoms with Crippen molar-refractivity contribution >= 4 is 17.4 Å². The summed E-state index contributed by atoms with van der Waals surface area (Å²) in [5, 5.41) is 0.661. The predicted molar refractivity (Wildman–Crippen MR) is 80.6 cm³/mol. The summed E-state index contributed by atoms with van der Waals surface area (Å²) in [5.41, 5.74) is 6.44. The molecule has 0 saturated carbocycles. The molecule has 19 heavy (non-hydrogen) atoms. The third-order valence-electron chi connectivity index (χ3n) is 3.66. The standard InChI is InChI=1S/C14H23ClN4/c1-18(2)10-11-5-7-19(8-6-11)14-4-3-12(15)13(9-16)17-14/h3-4,11H,5-10,16H2,1-2H3. The first-order valence-corrected chi connectivity index (χ1v) is 7.23. The van der Waals surface area contributed by atoms with Gasteiger partial charge in [-0.25, -0.2) is 4.98 Å². The summed E-state index contributed by atoms with van der Waals surface area (Å²) in [6.45, 7) is 3.70. The maximum Gasteiger partial charge on any atom is 0.128 e. The molecule has 5 heteroatoms. The van der Waals surface area contributed by atoms with Crippen LogP contribution in [0.15, 0.2) is 12.1 Å². The van der Waals surface area contributed by atoms with Gasteiger partial charge < -0.3 is 15.5 Å². The number of piperidine rings is 1. The van der Waals surface area contributed by atoms with E-state index in [1.54, 1.807) is 0 Å². The van der Waals surface area contributed by atoms with E-state index in [2.05, 4.69) is 28.9 Å². The Morgan fingerprint density at radius 3 is 2.63 bits per heavy atom. The van der Waals surface area contributed by atoms with Crippen molar-refractivity contribution < 1.29 is 0 Å². The molecule has 0 aliphatic carbocycles. The molecule has 0 spiro atoms. The Morgan fingerprint density at radius 1 is 1.37 bits per heavy atom. The third-order valence-corrected chi connectivity index (χ3v) is 4.00. The monoisotopic (exact) mass is 282 g/mol. The summed E-state index contributed by atoms with van der Waals surface area (Å²) >= 11 is 6.05. The highest BCUT2D eigenvalue weighted by atomic mass is 35.5. The summed E-state index contributed by atoms with van der Waals surface area (Å²) in [6, 6.07) is 3.89. The highest BCUT2D eigenvalue weighted by Gasteiger charge is 2.20. The molecular formula is C14H23ClN4. The minimum atomic E-state index is 0.393. The van der Waals surface area contributed by atoms with Crippen LogP contribution in [0.2, 0.25) is 5.02 Å². The zero-order valence-corrected chi connectivity index (χ0v) is 12.5. The van der Waals surface area contributed by atoms with Gasteiger partial charge in [-0.3, -0.25) is 0 Å². The molecule has 1 saturated heterocycles. The largest absolute Gasteiger partial charge is 0.357 e. The van der Waals surface area contributed by atoms with Crippen LogP contribution in [-0.4, -0.2) is 43.6 Å². The maximum absolute atomic E-state index is 6.05. The van der Waals surface area contributed by atoms with Crippen molar-refractivity contribution in [3.8, 4) is 0 Å². The number of hydrogen-bond acceptors (Lipinski definition) is 4. The van der Waals surface area contributed by atoms with E-state index in [-0.39, 0.29) is 0 Å². The van der Waals surface area contributed by atoms with E-state index in [1.807, 2.05) is 12.1 Å². The van der Waals surface area contributed by atoms with Crippen molar-refractivity contribution in [3.05, 3.63) is 22.8 Å². The van der Waals surface area contributed by atoms with Crippen LogP contribution in [0.25, 0.3) is 0 Å². The lowest BCUT2D eigenvalue weighted by Gasteiger charge is -2.34. The summed E-state index contributed by atoms with van der Waals surface area (Å²) < 4.78 is 0. The van der Waals surface area contributed by atoms with Gasteiger partial charge in [0.15, 0.2) is 0 Å². The van der Waals surface area contributed by atoms with Gasteiger partial charge in [0.25, 0.3) is 0 Å². The zero-order chi connectivity index (χ0) is 13.8. The fourth-order valence-corrected chi connectivity index (χ4v) is 2.84. The molecule has 2 heterocycles. The summed E-state index contributed by atoms with van der Waals surface area (Å²) in [5.74, 6) is 1.81. The van der Waals surface area contributed by atoms with E-state index in [0.717, 1.165) is 30.5 Å². The second-order valence-electron chi connectivity index (χ2n) is 5.49. The normalized spacial score (nSPS) is 17.2. The summed E-state index contributed by atoms with van der Waals surface area (Å²) in [4.78, 5) is 9.17. The van der Waals surface area contributed by atoms with Gasteiger partial charge in [0.05, 0.1) is 10.7 Å². The Hall–Kier alpha value is -0.840. The molecular weight excluding hydrogens is 260 g/mol. The van der Waals surface area contributed by atoms with Gasteiger partial charge in [-0.05, 0) is 45.0 Å². The lowest BCUT2D eigenvalue weighted by Crippen LogP contribution is -2.37. The van der Waals surface area contributed by atoms with E-state index in [0.29, 0.717) is 11.6 Å². The molecule has 106 valence electrons. The minimum Gasteiger partial charge on any atom is -0.357 e. The van der Waals surface area contributed by atoms with Crippen LogP contribution in [-0.2, 0) is 6.54 Å². The minimum absolute atomic E-state index is 0.393. The van der Waals surface area contributed by atoms with E-state index in [4.69, 9.17) is 17.3 Å². The van der Waals surface area contributed by atoms with E-state index in [9.17, 15) is 0 Å². The van der Waals surface area contributed by atoms with Crippen molar-refractivity contribution in [1.82, 2.24) is 9.88 Å². The fourth-order valence-electron chi connectivity index (χ4n) is 2.65. The Balaban J connectivity index is 1.97. The van der Waals surface area contributed by atoms with Crippen molar-refractivity contribution in [2.24, 2.45) is 11.7 Å². The first kappa shape index (κ1) is 14.6. The van der Waals surface area contributed by atoms with Crippen molar-refractivity contribution in [2.45, 2.75) is 19.4 Å². The van der Waals surface area contributed by atoms with Gasteiger partial charge in [-0.2, -0.15) is 0 Å². The molecule has 2 N–H and O–H groups in total. The molecule has 0 aromatic carbocycles. The number of nitrogens with two attached hydrogens (primary N) is 1. The van der Waals surface area contributed by atoms with Crippen molar-refractivity contribution in [2.75, 3.05) is 38.6 Å². The highest BCUT2D eigenvalue weighted by molar-refractivity contribution is 6.31. The Morgan fingerprint density at radius 2 is 2.05 bits per heavy atom. The Kier molecular flexibility index (Phi) is 5.02. The molecule has 2 rings (SSSR count). The quantitative estimate of drug-likeness (QED) is 0.917. The van der Waals surface area contributed by atoms with Crippen molar-refractivity contribution in [3.63, 3.8) is 0 Å². The van der Waals surface area contributed by atoms with Gasteiger partial charge in [-0.1, -0.05) is 11.6 Å². The number of nitrogens with zero attached hydrogens (tertiary/aromatic N) is 3. The van der Waals surface area contributed by atoms with Crippen LogP contribution >= 0.6 is 11.6 Å². The number of hydrogen-bond donors (Lipinski definition) is 1. The van der Waals surface area contributed by atoms with E-state index in [1.165, 1.54) is 19.4 Å². The number of halogens is 1. The smallest absolute Gasteiger partial charge is 0.128 e. The van der Waals surface area contributed by atoms with Gasteiger partial charge in [0.1, 0.15) is 5.82 Å². The average molecular weight is 283 g/mol. The van der Waals surface area contributed by atoms with Crippen LogP contribution < -0.4 is 10.6 Å². The molecule has 0 unspecified atom stereocenters. The van der Waals surface area contributed by atoms with Crippen LogP contribution in [0.1, 0.15) is 18.5 Å². The SMILES string of the molecule is CN(C)CC1CCN(c2ccc(Cl)c(CN)n2)CC1. The predicted octanol–water partition coefficient (Wildman–Crippen LogP) is 1.97. The van der Waals surface area contributed by atoms with Crippen LogP contribution in [0.4, 0.5) is 5.82 Å². The Labute approximate surface area is 120 Å². The van der Waals surface area contributed by atoms with Gasteiger partial charge in [0, 0.05) is 26.2 Å². The van der Waals surface area contributed by atoms with Gasteiger partial charge >= 0.3 is 0 Å². The fraction of sp³-hybridized carbons (Fsp3) is 0.643. The molecule has 1 aliphatic heterocycles. The molecule has 1 fully saturated rings. The molecule has 1 aliphatic rings. The first-order valence-electron chi connectivity index (χ1n) is 6.85. The van der Waals surface area contributed by atoms with Gasteiger partial charge in [-0.15, -0.1) is 0 Å². The van der Waals surface area contributed by atoms with Crippen molar-refractivity contribution in [1.29, 1.82) is 0 Å². The first-order chi connectivity index (χ1) is 9.10. The second-order valence-corrected chi connectivity index (χ2v) is 5.90. The molecule has 1 aromatic rings. The number of pyridine rings is 1. The maximum atomic E-state index is 6.05. The molecule has 0 radical (unpaired) electrons. The lowest BCUT2D eigenvalue weighted by molar-refractivity contribution is 0.284. The molecule has 0 amide bonds. The van der Waals surface area contributed by atoms with Crippen LogP contribution in [0.5, 0.6) is 0 Å². The average Bonchev–Trinajstić information content (AvgIpc) is 2.40. The highest BCUT2D eigenvalue weighted by Crippen LogP contribution is 2.24. The summed E-state index contributed by atoms with van der Waals surface area (Å²) in [6.07, 6.45) is 2.45. The second kappa shape index (κ2) is 6.55.